The van der Waals surface area contributed by atoms with Gasteiger partial charge in [-0.15, -0.1) is 0 Å². The van der Waals surface area contributed by atoms with Gasteiger partial charge in [-0.05, 0) is 61.9 Å². The molecule has 1 aromatic carbocycles. The van der Waals surface area contributed by atoms with Gasteiger partial charge in [0.2, 0.25) is 0 Å². The zero-order valence-electron chi connectivity index (χ0n) is 15.6. The van der Waals surface area contributed by atoms with Crippen molar-refractivity contribution < 1.29 is 4.74 Å². The highest BCUT2D eigenvalue weighted by atomic mass is 16.5. The van der Waals surface area contributed by atoms with Crippen LogP contribution in [0.1, 0.15) is 63.6 Å². The predicted octanol–water partition coefficient (Wildman–Crippen LogP) is 5.62. The van der Waals surface area contributed by atoms with Crippen molar-refractivity contribution in [3.8, 4) is 17.1 Å². The number of nitrogens with zero attached hydrogens (tertiary/aromatic N) is 2. The van der Waals surface area contributed by atoms with Crippen LogP contribution in [0.2, 0.25) is 0 Å². The number of fused-ring (bicyclic) bond motifs is 1. The maximum Gasteiger partial charge on any atom is 0.159 e. The minimum absolute atomic E-state index is 0.689. The highest BCUT2D eigenvalue weighted by Gasteiger charge is 2.20. The first kappa shape index (κ1) is 17.9. The zero-order valence-corrected chi connectivity index (χ0v) is 15.6. The number of unbranched alkanes of at least 4 members (excludes halogenated alkanes) is 3. The van der Waals surface area contributed by atoms with Gasteiger partial charge >= 0.3 is 0 Å². The van der Waals surface area contributed by atoms with Crippen LogP contribution in [-0.4, -0.2) is 16.6 Å². The van der Waals surface area contributed by atoms with Crippen LogP contribution in [0.3, 0.4) is 0 Å². The Labute approximate surface area is 151 Å². The number of hydrogen-bond donors (Lipinski definition) is 0. The SMILES string of the molecule is CCCCCCC1CCc2nc(-c3ccc(OCC)cc3)ncc2C1. The number of rotatable bonds is 8. The van der Waals surface area contributed by atoms with Crippen LogP contribution in [0.15, 0.2) is 30.5 Å². The first-order valence-corrected chi connectivity index (χ1v) is 9.88. The van der Waals surface area contributed by atoms with E-state index >= 15 is 0 Å². The summed E-state index contributed by atoms with van der Waals surface area (Å²) in [6, 6.07) is 8.08. The second-order valence-electron chi connectivity index (χ2n) is 7.08. The van der Waals surface area contributed by atoms with E-state index < -0.39 is 0 Å². The molecule has 1 aliphatic rings. The first-order valence-electron chi connectivity index (χ1n) is 9.88. The predicted molar refractivity (Wildman–Crippen MR) is 103 cm³/mol. The molecule has 0 bridgehead atoms. The highest BCUT2D eigenvalue weighted by molar-refractivity contribution is 5.56. The van der Waals surface area contributed by atoms with Gasteiger partial charge in [0.1, 0.15) is 5.75 Å². The lowest BCUT2D eigenvalue weighted by atomic mass is 9.84. The summed E-state index contributed by atoms with van der Waals surface area (Å²) in [7, 11) is 0. The Bertz CT molecular complexity index is 666. The molecule has 0 fully saturated rings. The number of aromatic nitrogens is 2. The van der Waals surface area contributed by atoms with E-state index in [1.165, 1.54) is 49.8 Å². The molecule has 0 radical (unpaired) electrons. The maximum atomic E-state index is 5.51. The molecule has 0 N–H and O–H groups in total. The van der Waals surface area contributed by atoms with Gasteiger partial charge < -0.3 is 4.74 Å². The summed E-state index contributed by atoms with van der Waals surface area (Å²) in [6.45, 7) is 4.96. The van der Waals surface area contributed by atoms with E-state index in [0.717, 1.165) is 35.9 Å². The van der Waals surface area contributed by atoms with E-state index in [9.17, 15) is 0 Å². The van der Waals surface area contributed by atoms with Crippen molar-refractivity contribution in [2.75, 3.05) is 6.61 Å². The molecule has 1 atom stereocenters. The van der Waals surface area contributed by atoms with Gasteiger partial charge in [-0.1, -0.05) is 39.0 Å². The molecule has 0 amide bonds. The third-order valence-corrected chi connectivity index (χ3v) is 5.14. The molecule has 0 spiro atoms. The largest absolute Gasteiger partial charge is 0.494 e. The molecule has 0 saturated heterocycles. The lowest BCUT2D eigenvalue weighted by Crippen LogP contribution is -2.16. The fourth-order valence-electron chi connectivity index (χ4n) is 3.70. The van der Waals surface area contributed by atoms with Gasteiger partial charge in [0.05, 0.1) is 6.61 Å². The van der Waals surface area contributed by atoms with E-state index in [0.29, 0.717) is 6.61 Å². The Morgan fingerprint density at radius 2 is 1.92 bits per heavy atom. The van der Waals surface area contributed by atoms with Crippen molar-refractivity contribution in [3.05, 3.63) is 41.7 Å². The van der Waals surface area contributed by atoms with Crippen molar-refractivity contribution >= 4 is 0 Å². The van der Waals surface area contributed by atoms with Gasteiger partial charge in [-0.25, -0.2) is 9.97 Å². The van der Waals surface area contributed by atoms with E-state index in [1.54, 1.807) is 0 Å². The van der Waals surface area contributed by atoms with Gasteiger partial charge in [0.25, 0.3) is 0 Å². The molecule has 1 heterocycles. The van der Waals surface area contributed by atoms with Crippen LogP contribution >= 0.6 is 0 Å². The van der Waals surface area contributed by atoms with Crippen LogP contribution in [-0.2, 0) is 12.8 Å². The fraction of sp³-hybridized carbons (Fsp3) is 0.545. The Morgan fingerprint density at radius 1 is 1.08 bits per heavy atom. The van der Waals surface area contributed by atoms with Crippen LogP contribution in [0.25, 0.3) is 11.4 Å². The van der Waals surface area contributed by atoms with Crippen LogP contribution < -0.4 is 4.74 Å². The molecule has 0 aliphatic heterocycles. The number of ether oxygens (including phenoxy) is 1. The topological polar surface area (TPSA) is 35.0 Å². The van der Waals surface area contributed by atoms with Crippen LogP contribution in [0, 0.1) is 5.92 Å². The molecule has 3 heteroatoms. The summed E-state index contributed by atoms with van der Waals surface area (Å²) < 4.78 is 5.51. The van der Waals surface area contributed by atoms with Crippen LogP contribution in [0.5, 0.6) is 5.75 Å². The van der Waals surface area contributed by atoms with Crippen molar-refractivity contribution in [1.29, 1.82) is 0 Å². The van der Waals surface area contributed by atoms with E-state index in [-0.39, 0.29) is 0 Å². The summed E-state index contributed by atoms with van der Waals surface area (Å²) in [5.74, 6) is 2.56. The molecule has 2 aromatic rings. The van der Waals surface area contributed by atoms with E-state index in [1.807, 2.05) is 31.2 Å². The molecular weight excluding hydrogens is 308 g/mol. The molecule has 3 rings (SSSR count). The van der Waals surface area contributed by atoms with Gasteiger partial charge in [0.15, 0.2) is 5.82 Å². The second-order valence-corrected chi connectivity index (χ2v) is 7.08. The number of hydrogen-bond acceptors (Lipinski definition) is 3. The lowest BCUT2D eigenvalue weighted by Gasteiger charge is -2.24. The van der Waals surface area contributed by atoms with E-state index in [2.05, 4.69) is 18.1 Å². The smallest absolute Gasteiger partial charge is 0.159 e. The first-order chi connectivity index (χ1) is 12.3. The lowest BCUT2D eigenvalue weighted by molar-refractivity contribution is 0.340. The average Bonchev–Trinajstić information content (AvgIpc) is 2.66. The molecular formula is C22H30N2O. The Hall–Kier alpha value is -1.90. The minimum Gasteiger partial charge on any atom is -0.494 e. The number of aryl methyl sites for hydroxylation is 1. The second kappa shape index (κ2) is 8.98. The summed E-state index contributed by atoms with van der Waals surface area (Å²) >= 11 is 0. The summed E-state index contributed by atoms with van der Waals surface area (Å²) in [5.41, 5.74) is 3.68. The third kappa shape index (κ3) is 4.81. The highest BCUT2D eigenvalue weighted by Crippen LogP contribution is 2.29. The molecule has 1 aromatic heterocycles. The zero-order chi connectivity index (χ0) is 17.5. The van der Waals surface area contributed by atoms with Gasteiger partial charge in [0, 0.05) is 17.5 Å². The minimum atomic E-state index is 0.689. The fourth-order valence-corrected chi connectivity index (χ4v) is 3.70. The van der Waals surface area contributed by atoms with Crippen molar-refractivity contribution in [3.63, 3.8) is 0 Å². The number of benzene rings is 1. The molecule has 1 unspecified atom stereocenters. The standard InChI is InChI=1S/C22H30N2O/c1-3-5-6-7-8-17-9-14-21-19(15-17)16-23-22(24-21)18-10-12-20(13-11-18)25-4-2/h10-13,16-17H,3-9,14-15H2,1-2H3. The summed E-state index contributed by atoms with van der Waals surface area (Å²) in [6.07, 6.45) is 12.4. The Kier molecular flexibility index (Phi) is 6.43. The third-order valence-electron chi connectivity index (χ3n) is 5.14. The van der Waals surface area contributed by atoms with Gasteiger partial charge in [-0.2, -0.15) is 0 Å². The maximum absolute atomic E-state index is 5.51. The monoisotopic (exact) mass is 338 g/mol. The van der Waals surface area contributed by atoms with Crippen molar-refractivity contribution in [2.24, 2.45) is 5.92 Å². The summed E-state index contributed by atoms with van der Waals surface area (Å²) in [5, 5.41) is 0. The van der Waals surface area contributed by atoms with E-state index in [4.69, 9.17) is 9.72 Å². The average molecular weight is 338 g/mol. The van der Waals surface area contributed by atoms with Gasteiger partial charge in [-0.3, -0.25) is 0 Å². The summed E-state index contributed by atoms with van der Waals surface area (Å²) in [4.78, 5) is 9.48. The van der Waals surface area contributed by atoms with Crippen molar-refractivity contribution in [1.82, 2.24) is 9.97 Å². The van der Waals surface area contributed by atoms with Crippen LogP contribution in [0.4, 0.5) is 0 Å². The molecule has 0 saturated carbocycles. The molecule has 25 heavy (non-hydrogen) atoms. The normalized spacial score (nSPS) is 16.5. The van der Waals surface area contributed by atoms with Crippen molar-refractivity contribution in [2.45, 2.75) is 65.2 Å². The quantitative estimate of drug-likeness (QED) is 0.586. The Balaban J connectivity index is 1.63. The molecule has 3 nitrogen and oxygen atoms in total. The molecule has 1 aliphatic carbocycles. The Morgan fingerprint density at radius 3 is 2.68 bits per heavy atom. The molecule has 134 valence electrons.